The Morgan fingerprint density at radius 1 is 1.54 bits per heavy atom. The van der Waals surface area contributed by atoms with Crippen LogP contribution >= 0.6 is 0 Å². The lowest BCUT2D eigenvalue weighted by molar-refractivity contribution is 0.164. The van der Waals surface area contributed by atoms with Gasteiger partial charge in [-0.1, -0.05) is 19.1 Å². The van der Waals surface area contributed by atoms with Gasteiger partial charge in [-0.3, -0.25) is 0 Å². The average molecular weight is 183 g/mol. The van der Waals surface area contributed by atoms with Gasteiger partial charge in [-0.05, 0) is 38.1 Å². The minimum atomic E-state index is -0.225. The van der Waals surface area contributed by atoms with E-state index in [0.29, 0.717) is 5.41 Å². The van der Waals surface area contributed by atoms with Gasteiger partial charge in [0.1, 0.15) is 0 Å². The van der Waals surface area contributed by atoms with Crippen molar-refractivity contribution in [2.45, 2.75) is 38.7 Å². The Balaban J connectivity index is 2.52. The fourth-order valence-corrected chi connectivity index (χ4v) is 2.01. The van der Waals surface area contributed by atoms with E-state index in [1.54, 1.807) is 0 Å². The van der Waals surface area contributed by atoms with E-state index in [2.05, 4.69) is 18.3 Å². The Bertz CT molecular complexity index is 179. The summed E-state index contributed by atoms with van der Waals surface area (Å²) in [4.78, 5) is 0. The number of nitrogens with one attached hydrogen (secondary N) is 1. The molecule has 0 amide bonds. The molecule has 2 atom stereocenters. The zero-order valence-electron chi connectivity index (χ0n) is 8.71. The standard InChI is InChI=1S/C11H21NO/c1-11(9-12-2)7-4-3-5-10(13)6-8-11/h3,5,10,12-13H,4,6-9H2,1-2H3/b5-3-. The molecule has 13 heavy (non-hydrogen) atoms. The number of rotatable bonds is 2. The van der Waals surface area contributed by atoms with Crippen molar-refractivity contribution in [3.8, 4) is 0 Å². The first-order valence-corrected chi connectivity index (χ1v) is 5.16. The van der Waals surface area contributed by atoms with E-state index in [0.717, 1.165) is 25.8 Å². The molecular weight excluding hydrogens is 162 g/mol. The molecule has 0 fully saturated rings. The molecule has 0 aromatic heterocycles. The smallest absolute Gasteiger partial charge is 0.0721 e. The summed E-state index contributed by atoms with van der Waals surface area (Å²) in [5.41, 5.74) is 0.362. The zero-order valence-corrected chi connectivity index (χ0v) is 8.71. The Hall–Kier alpha value is -0.340. The molecule has 2 heteroatoms. The number of allylic oxidation sites excluding steroid dienone is 1. The van der Waals surface area contributed by atoms with Gasteiger partial charge in [-0.15, -0.1) is 0 Å². The molecule has 2 N–H and O–H groups in total. The maximum absolute atomic E-state index is 9.51. The van der Waals surface area contributed by atoms with Crippen molar-refractivity contribution in [3.05, 3.63) is 12.2 Å². The van der Waals surface area contributed by atoms with Crippen LogP contribution in [0.2, 0.25) is 0 Å². The lowest BCUT2D eigenvalue weighted by Crippen LogP contribution is -2.31. The third kappa shape index (κ3) is 3.49. The highest BCUT2D eigenvalue weighted by atomic mass is 16.3. The summed E-state index contributed by atoms with van der Waals surface area (Å²) in [7, 11) is 2.00. The van der Waals surface area contributed by atoms with Crippen LogP contribution in [0.1, 0.15) is 32.6 Å². The Labute approximate surface area is 81.0 Å². The van der Waals surface area contributed by atoms with E-state index in [4.69, 9.17) is 0 Å². The van der Waals surface area contributed by atoms with Crippen LogP contribution in [0.15, 0.2) is 12.2 Å². The highest BCUT2D eigenvalue weighted by molar-refractivity contribution is 4.94. The number of hydrogen-bond acceptors (Lipinski definition) is 2. The monoisotopic (exact) mass is 183 g/mol. The van der Waals surface area contributed by atoms with E-state index in [-0.39, 0.29) is 6.10 Å². The van der Waals surface area contributed by atoms with Gasteiger partial charge in [0.15, 0.2) is 0 Å². The van der Waals surface area contributed by atoms with Gasteiger partial charge in [0.2, 0.25) is 0 Å². The van der Waals surface area contributed by atoms with Crippen molar-refractivity contribution < 1.29 is 5.11 Å². The zero-order chi connectivity index (χ0) is 9.73. The molecule has 0 bridgehead atoms. The molecule has 0 saturated heterocycles. The van der Waals surface area contributed by atoms with Crippen LogP contribution < -0.4 is 5.32 Å². The first kappa shape index (κ1) is 10.7. The van der Waals surface area contributed by atoms with Gasteiger partial charge >= 0.3 is 0 Å². The molecular formula is C11H21NO. The second kappa shape index (κ2) is 4.77. The van der Waals surface area contributed by atoms with Gasteiger partial charge in [0, 0.05) is 6.54 Å². The molecule has 0 spiro atoms. The maximum atomic E-state index is 9.51. The molecule has 1 aliphatic rings. The second-order valence-corrected chi connectivity index (χ2v) is 4.41. The number of hydrogen-bond donors (Lipinski definition) is 2. The first-order chi connectivity index (χ1) is 6.16. The minimum absolute atomic E-state index is 0.225. The molecule has 2 nitrogen and oxygen atoms in total. The fourth-order valence-electron chi connectivity index (χ4n) is 2.01. The van der Waals surface area contributed by atoms with E-state index < -0.39 is 0 Å². The summed E-state index contributed by atoms with van der Waals surface area (Å²) in [6.07, 6.45) is 8.13. The molecule has 76 valence electrons. The van der Waals surface area contributed by atoms with E-state index in [1.165, 1.54) is 6.42 Å². The highest BCUT2D eigenvalue weighted by Gasteiger charge is 2.24. The van der Waals surface area contributed by atoms with Gasteiger partial charge in [-0.25, -0.2) is 0 Å². The van der Waals surface area contributed by atoms with E-state index >= 15 is 0 Å². The largest absolute Gasteiger partial charge is 0.389 e. The molecule has 0 aromatic rings. The lowest BCUT2D eigenvalue weighted by Gasteiger charge is -2.31. The van der Waals surface area contributed by atoms with E-state index in [9.17, 15) is 5.11 Å². The highest BCUT2D eigenvalue weighted by Crippen LogP contribution is 2.30. The summed E-state index contributed by atoms with van der Waals surface area (Å²) < 4.78 is 0. The summed E-state index contributed by atoms with van der Waals surface area (Å²) in [6.45, 7) is 3.35. The van der Waals surface area contributed by atoms with Crippen LogP contribution in [0.25, 0.3) is 0 Å². The van der Waals surface area contributed by atoms with Crippen molar-refractivity contribution in [2.24, 2.45) is 5.41 Å². The van der Waals surface area contributed by atoms with Crippen LogP contribution in [0.3, 0.4) is 0 Å². The van der Waals surface area contributed by atoms with Crippen molar-refractivity contribution in [3.63, 3.8) is 0 Å². The molecule has 1 aliphatic carbocycles. The minimum Gasteiger partial charge on any atom is -0.389 e. The predicted octanol–water partition coefficient (Wildman–Crippen LogP) is 1.70. The second-order valence-electron chi connectivity index (χ2n) is 4.41. The third-order valence-corrected chi connectivity index (χ3v) is 2.92. The molecule has 0 aliphatic heterocycles. The predicted molar refractivity (Wildman–Crippen MR) is 55.6 cm³/mol. The van der Waals surface area contributed by atoms with Crippen LogP contribution in [-0.2, 0) is 0 Å². The average Bonchev–Trinajstić information content (AvgIpc) is 2.08. The van der Waals surface area contributed by atoms with Crippen molar-refractivity contribution in [1.82, 2.24) is 5.32 Å². The van der Waals surface area contributed by atoms with Gasteiger partial charge < -0.3 is 10.4 Å². The van der Waals surface area contributed by atoms with E-state index in [1.807, 2.05) is 13.1 Å². The third-order valence-electron chi connectivity index (χ3n) is 2.92. The first-order valence-electron chi connectivity index (χ1n) is 5.16. The normalized spacial score (nSPS) is 37.9. The Morgan fingerprint density at radius 3 is 3.00 bits per heavy atom. The summed E-state index contributed by atoms with van der Waals surface area (Å²) >= 11 is 0. The molecule has 0 saturated carbocycles. The Kier molecular flexibility index (Phi) is 3.94. The van der Waals surface area contributed by atoms with Gasteiger partial charge in [0.05, 0.1) is 6.10 Å². The topological polar surface area (TPSA) is 32.3 Å². The maximum Gasteiger partial charge on any atom is 0.0721 e. The SMILES string of the molecule is CNCC1(C)CC/C=C\C(O)CC1. The number of aliphatic hydroxyl groups is 1. The van der Waals surface area contributed by atoms with Crippen LogP contribution in [0.5, 0.6) is 0 Å². The van der Waals surface area contributed by atoms with Gasteiger partial charge in [-0.2, -0.15) is 0 Å². The molecule has 1 rings (SSSR count). The van der Waals surface area contributed by atoms with Gasteiger partial charge in [0.25, 0.3) is 0 Å². The van der Waals surface area contributed by atoms with Crippen molar-refractivity contribution >= 4 is 0 Å². The van der Waals surface area contributed by atoms with Crippen LogP contribution in [0.4, 0.5) is 0 Å². The molecule has 0 radical (unpaired) electrons. The molecule has 0 aromatic carbocycles. The van der Waals surface area contributed by atoms with Crippen LogP contribution in [-0.4, -0.2) is 24.8 Å². The summed E-state index contributed by atoms with van der Waals surface area (Å²) in [5, 5.41) is 12.7. The van der Waals surface area contributed by atoms with Crippen LogP contribution in [0, 0.1) is 5.41 Å². The molecule has 0 heterocycles. The summed E-state index contributed by atoms with van der Waals surface area (Å²) in [5.74, 6) is 0. The lowest BCUT2D eigenvalue weighted by atomic mass is 9.79. The van der Waals surface area contributed by atoms with Crippen molar-refractivity contribution in [2.75, 3.05) is 13.6 Å². The summed E-state index contributed by atoms with van der Waals surface area (Å²) in [6, 6.07) is 0. The van der Waals surface area contributed by atoms with Crippen molar-refractivity contribution in [1.29, 1.82) is 0 Å². The number of aliphatic hydroxyl groups excluding tert-OH is 1. The molecule has 2 unspecified atom stereocenters. The quantitative estimate of drug-likeness (QED) is 0.639. The fraction of sp³-hybridized carbons (Fsp3) is 0.818. The Morgan fingerprint density at radius 2 is 2.31 bits per heavy atom.